The summed E-state index contributed by atoms with van der Waals surface area (Å²) >= 11 is 0. The molecule has 1 atom stereocenters. The molecule has 0 spiro atoms. The number of anilines is 1. The monoisotopic (exact) mass is 445 g/mol. The number of fused-ring (bicyclic) bond motifs is 1. The fourth-order valence-electron chi connectivity index (χ4n) is 4.39. The van der Waals surface area contributed by atoms with Crippen LogP contribution in [0.25, 0.3) is 0 Å². The van der Waals surface area contributed by atoms with Gasteiger partial charge in [0.1, 0.15) is 5.75 Å². The Kier molecular flexibility index (Phi) is 6.87. The number of hydrogen-bond donors (Lipinski definition) is 0. The fourth-order valence-corrected chi connectivity index (χ4v) is 4.39. The number of benzene rings is 3. The number of hydrogen-bond acceptors (Lipinski definition) is 4. The molecule has 3 aromatic carbocycles. The Balaban J connectivity index is 1.89. The first-order chi connectivity index (χ1) is 16.1. The van der Waals surface area contributed by atoms with Crippen molar-refractivity contribution in [2.45, 2.75) is 39.7 Å². The molecule has 33 heavy (non-hydrogen) atoms. The van der Waals surface area contributed by atoms with Gasteiger partial charge in [-0.1, -0.05) is 31.2 Å². The minimum atomic E-state index is -0.268. The fraction of sp³-hybridized carbons (Fsp3) is 0.321. The lowest BCUT2D eigenvalue weighted by Gasteiger charge is -2.38. The minimum Gasteiger partial charge on any atom is -0.497 e. The minimum absolute atomic E-state index is 0.0452. The van der Waals surface area contributed by atoms with Crippen LogP contribution < -0.4 is 19.1 Å². The Bertz CT molecular complexity index is 1110. The van der Waals surface area contributed by atoms with Gasteiger partial charge in [-0.15, -0.1) is 0 Å². The molecule has 0 saturated heterocycles. The standard InChI is InChI=1S/C28H31NO4/c1-5-19-8-10-20(11-9-19)28-24-18-26(33-7-3)25(32-6-2)16-21(24)17-27(30)29(28)22-12-14-23(31-4)15-13-22/h8-16,18,28H,5-7,17H2,1-4H3. The van der Waals surface area contributed by atoms with Crippen LogP contribution in [-0.4, -0.2) is 26.2 Å². The van der Waals surface area contributed by atoms with Gasteiger partial charge in [0.15, 0.2) is 11.5 Å². The summed E-state index contributed by atoms with van der Waals surface area (Å²) in [5.74, 6) is 2.19. The topological polar surface area (TPSA) is 48.0 Å². The number of carbonyl (C=O) groups excluding carboxylic acids is 1. The average Bonchev–Trinajstić information content (AvgIpc) is 2.84. The van der Waals surface area contributed by atoms with Crippen molar-refractivity contribution in [2.75, 3.05) is 25.2 Å². The molecular weight excluding hydrogens is 414 g/mol. The van der Waals surface area contributed by atoms with Crippen LogP contribution in [0.4, 0.5) is 5.69 Å². The maximum Gasteiger partial charge on any atom is 0.232 e. The smallest absolute Gasteiger partial charge is 0.232 e. The predicted octanol–water partition coefficient (Wildman–Crippen LogP) is 5.73. The van der Waals surface area contributed by atoms with E-state index in [2.05, 4.69) is 31.2 Å². The van der Waals surface area contributed by atoms with Crippen LogP contribution in [0.15, 0.2) is 60.7 Å². The third-order valence-electron chi connectivity index (χ3n) is 6.02. The van der Waals surface area contributed by atoms with E-state index in [9.17, 15) is 4.79 Å². The molecule has 5 nitrogen and oxygen atoms in total. The van der Waals surface area contributed by atoms with E-state index in [-0.39, 0.29) is 11.9 Å². The van der Waals surface area contributed by atoms with Crippen molar-refractivity contribution in [3.8, 4) is 17.2 Å². The normalized spacial score (nSPS) is 15.2. The van der Waals surface area contributed by atoms with E-state index in [0.29, 0.717) is 31.1 Å². The molecule has 1 aliphatic heterocycles. The maximum atomic E-state index is 13.5. The largest absolute Gasteiger partial charge is 0.497 e. The third-order valence-corrected chi connectivity index (χ3v) is 6.02. The molecule has 0 fully saturated rings. The zero-order valence-electron chi connectivity index (χ0n) is 19.8. The molecule has 0 bridgehead atoms. The van der Waals surface area contributed by atoms with Crippen molar-refractivity contribution in [3.05, 3.63) is 82.9 Å². The summed E-state index contributed by atoms with van der Waals surface area (Å²) in [7, 11) is 1.64. The Labute approximate surface area is 195 Å². The van der Waals surface area contributed by atoms with Gasteiger partial charge in [-0.05, 0) is 78.9 Å². The van der Waals surface area contributed by atoms with Gasteiger partial charge < -0.3 is 19.1 Å². The number of nitrogens with zero attached hydrogens (tertiary/aromatic N) is 1. The number of ether oxygens (including phenoxy) is 3. The Hall–Kier alpha value is -3.47. The van der Waals surface area contributed by atoms with E-state index in [4.69, 9.17) is 14.2 Å². The molecule has 0 saturated carbocycles. The van der Waals surface area contributed by atoms with Crippen molar-refractivity contribution in [1.29, 1.82) is 0 Å². The molecule has 5 heteroatoms. The van der Waals surface area contributed by atoms with E-state index >= 15 is 0 Å². The zero-order valence-corrected chi connectivity index (χ0v) is 19.8. The SMILES string of the molecule is CCOc1cc2c(cc1OCC)C(c1ccc(CC)cc1)N(c1ccc(OC)cc1)C(=O)C2. The summed E-state index contributed by atoms with van der Waals surface area (Å²) in [6.45, 7) is 7.12. The van der Waals surface area contributed by atoms with Gasteiger partial charge >= 0.3 is 0 Å². The number of methoxy groups -OCH3 is 1. The van der Waals surface area contributed by atoms with Gasteiger partial charge in [0.25, 0.3) is 0 Å². The molecule has 3 aromatic rings. The molecule has 0 radical (unpaired) electrons. The lowest BCUT2D eigenvalue weighted by molar-refractivity contribution is -0.118. The van der Waals surface area contributed by atoms with Gasteiger partial charge in [0.05, 0.1) is 32.8 Å². The number of carbonyl (C=O) groups is 1. The molecule has 1 heterocycles. The summed E-state index contributed by atoms with van der Waals surface area (Å²) < 4.78 is 17.1. The first-order valence-electron chi connectivity index (χ1n) is 11.6. The van der Waals surface area contributed by atoms with Crippen molar-refractivity contribution in [1.82, 2.24) is 0 Å². The Morgan fingerprint density at radius 1 is 0.879 bits per heavy atom. The zero-order chi connectivity index (χ0) is 23.4. The molecule has 172 valence electrons. The molecule has 0 aliphatic carbocycles. The molecule has 1 unspecified atom stereocenters. The van der Waals surface area contributed by atoms with E-state index in [1.54, 1.807) is 7.11 Å². The van der Waals surface area contributed by atoms with Gasteiger partial charge in [-0.2, -0.15) is 0 Å². The highest BCUT2D eigenvalue weighted by atomic mass is 16.5. The molecule has 0 N–H and O–H groups in total. The number of aryl methyl sites for hydroxylation is 1. The van der Waals surface area contributed by atoms with Gasteiger partial charge in [0, 0.05) is 5.69 Å². The summed E-state index contributed by atoms with van der Waals surface area (Å²) in [6.07, 6.45) is 1.27. The van der Waals surface area contributed by atoms with Crippen molar-refractivity contribution >= 4 is 11.6 Å². The van der Waals surface area contributed by atoms with E-state index in [1.807, 2.05) is 55.1 Å². The summed E-state index contributed by atoms with van der Waals surface area (Å²) in [6, 6.07) is 19.9. The highest BCUT2D eigenvalue weighted by Crippen LogP contribution is 2.43. The lowest BCUT2D eigenvalue weighted by atomic mass is 9.86. The van der Waals surface area contributed by atoms with E-state index < -0.39 is 0 Å². The first-order valence-corrected chi connectivity index (χ1v) is 11.6. The second-order valence-corrected chi connectivity index (χ2v) is 8.00. The first kappa shape index (κ1) is 22.7. The highest BCUT2D eigenvalue weighted by Gasteiger charge is 2.36. The van der Waals surface area contributed by atoms with Gasteiger partial charge in [0.2, 0.25) is 5.91 Å². The molecule has 1 aliphatic rings. The quantitative estimate of drug-likeness (QED) is 0.444. The summed E-state index contributed by atoms with van der Waals surface area (Å²) in [5.41, 5.74) is 5.19. The predicted molar refractivity (Wildman–Crippen MR) is 131 cm³/mol. The van der Waals surface area contributed by atoms with Gasteiger partial charge in [-0.3, -0.25) is 4.79 Å². The van der Waals surface area contributed by atoms with Crippen LogP contribution in [0.3, 0.4) is 0 Å². The van der Waals surface area contributed by atoms with Crippen LogP contribution in [-0.2, 0) is 17.6 Å². The molecule has 0 aromatic heterocycles. The second kappa shape index (κ2) is 9.99. The maximum absolute atomic E-state index is 13.5. The van der Waals surface area contributed by atoms with E-state index in [1.165, 1.54) is 5.56 Å². The van der Waals surface area contributed by atoms with Gasteiger partial charge in [-0.25, -0.2) is 0 Å². The third kappa shape index (κ3) is 4.54. The Morgan fingerprint density at radius 2 is 1.52 bits per heavy atom. The average molecular weight is 446 g/mol. The summed E-state index contributed by atoms with van der Waals surface area (Å²) in [4.78, 5) is 15.4. The Morgan fingerprint density at radius 3 is 2.09 bits per heavy atom. The number of rotatable bonds is 8. The highest BCUT2D eigenvalue weighted by molar-refractivity contribution is 5.98. The van der Waals surface area contributed by atoms with Crippen LogP contribution in [0.2, 0.25) is 0 Å². The van der Waals surface area contributed by atoms with Crippen molar-refractivity contribution < 1.29 is 19.0 Å². The second-order valence-electron chi connectivity index (χ2n) is 8.00. The molecule has 1 amide bonds. The van der Waals surface area contributed by atoms with Crippen LogP contribution in [0.5, 0.6) is 17.2 Å². The van der Waals surface area contributed by atoms with Crippen LogP contribution in [0.1, 0.15) is 49.1 Å². The van der Waals surface area contributed by atoms with Crippen molar-refractivity contribution in [2.24, 2.45) is 0 Å². The van der Waals surface area contributed by atoms with E-state index in [0.717, 1.165) is 34.5 Å². The summed E-state index contributed by atoms with van der Waals surface area (Å²) in [5, 5.41) is 0. The number of amides is 1. The van der Waals surface area contributed by atoms with Crippen LogP contribution in [0, 0.1) is 0 Å². The molecular formula is C28H31NO4. The molecule has 4 rings (SSSR count). The van der Waals surface area contributed by atoms with Crippen LogP contribution >= 0.6 is 0 Å². The van der Waals surface area contributed by atoms with Crippen molar-refractivity contribution in [3.63, 3.8) is 0 Å². The lowest BCUT2D eigenvalue weighted by Crippen LogP contribution is -2.41.